The van der Waals surface area contributed by atoms with Crippen molar-refractivity contribution in [2.45, 2.75) is 41.0 Å². The highest BCUT2D eigenvalue weighted by atomic mass is 32.2. The molecule has 2 nitrogen and oxygen atoms in total. The summed E-state index contributed by atoms with van der Waals surface area (Å²) >= 11 is 3.50. The Morgan fingerprint density at radius 3 is 2.39 bits per heavy atom. The van der Waals surface area contributed by atoms with Crippen LogP contribution in [0.15, 0.2) is 33.0 Å². The number of nitrogens with zero attached hydrogens (tertiary/aromatic N) is 1. The zero-order valence-electron chi connectivity index (χ0n) is 10.7. The van der Waals surface area contributed by atoms with E-state index in [1.807, 2.05) is 0 Å². The molecule has 0 atom stereocenters. The van der Waals surface area contributed by atoms with Crippen LogP contribution in [-0.4, -0.2) is 18.6 Å². The van der Waals surface area contributed by atoms with Crippen LogP contribution >= 0.6 is 23.5 Å². The molecule has 1 saturated carbocycles. The Kier molecular flexibility index (Phi) is 4.55. The first-order valence-corrected chi connectivity index (χ1v) is 8.52. The molecule has 0 aliphatic heterocycles. The number of hydrogen-bond donors (Lipinski definition) is 0. The molecule has 0 spiro atoms. The van der Waals surface area contributed by atoms with Gasteiger partial charge in [0.15, 0.2) is 0 Å². The molecule has 0 amide bonds. The molecule has 1 aromatic carbocycles. The van der Waals surface area contributed by atoms with Crippen molar-refractivity contribution < 1.29 is 4.79 Å². The third kappa shape index (κ3) is 2.51. The van der Waals surface area contributed by atoms with Crippen LogP contribution in [0.3, 0.4) is 0 Å². The quantitative estimate of drug-likeness (QED) is 0.469. The summed E-state index contributed by atoms with van der Waals surface area (Å²) in [5.74, 6) is 0. The standard InChI is InChI=1S/C14H17NOS2/c1-17-12-6-5-11(9-13(12)18-2)14(15-10-16)7-3-4-8-14/h5-6,9H,3-4,7-8H2,1-2H3. The Morgan fingerprint density at radius 1 is 1.17 bits per heavy atom. The summed E-state index contributed by atoms with van der Waals surface area (Å²) in [6.07, 6.45) is 10.2. The molecule has 0 heterocycles. The fraction of sp³-hybridized carbons (Fsp3) is 0.500. The molecule has 0 radical (unpaired) electrons. The summed E-state index contributed by atoms with van der Waals surface area (Å²) in [6.45, 7) is 0. The van der Waals surface area contributed by atoms with Gasteiger partial charge in [-0.05, 0) is 43.0 Å². The lowest BCUT2D eigenvalue weighted by molar-refractivity contribution is 0.454. The van der Waals surface area contributed by atoms with Gasteiger partial charge < -0.3 is 0 Å². The van der Waals surface area contributed by atoms with E-state index >= 15 is 0 Å². The first-order valence-electron chi connectivity index (χ1n) is 6.07. The van der Waals surface area contributed by atoms with E-state index in [2.05, 4.69) is 35.7 Å². The van der Waals surface area contributed by atoms with E-state index in [1.54, 1.807) is 29.6 Å². The van der Waals surface area contributed by atoms with Gasteiger partial charge in [0.2, 0.25) is 6.08 Å². The van der Waals surface area contributed by atoms with Gasteiger partial charge in [0.1, 0.15) is 0 Å². The molecular formula is C14H17NOS2. The molecule has 0 aromatic heterocycles. The molecule has 1 aromatic rings. The number of rotatable bonds is 4. The van der Waals surface area contributed by atoms with E-state index in [4.69, 9.17) is 0 Å². The number of aliphatic imine (C=N–C) groups is 1. The van der Waals surface area contributed by atoms with Crippen molar-refractivity contribution >= 4 is 29.6 Å². The normalized spacial score (nSPS) is 17.4. The number of thioether (sulfide) groups is 2. The van der Waals surface area contributed by atoms with Crippen molar-refractivity contribution in [2.75, 3.05) is 12.5 Å². The highest BCUT2D eigenvalue weighted by Crippen LogP contribution is 2.44. The van der Waals surface area contributed by atoms with Crippen molar-refractivity contribution in [1.29, 1.82) is 0 Å². The Hall–Kier alpha value is -0.700. The average Bonchev–Trinajstić information content (AvgIpc) is 2.88. The monoisotopic (exact) mass is 279 g/mol. The van der Waals surface area contributed by atoms with Gasteiger partial charge in [0.05, 0.1) is 5.54 Å². The number of isocyanates is 1. The summed E-state index contributed by atoms with van der Waals surface area (Å²) in [5, 5.41) is 0. The van der Waals surface area contributed by atoms with E-state index < -0.39 is 0 Å². The Bertz CT molecular complexity index is 475. The summed E-state index contributed by atoms with van der Waals surface area (Å²) in [4.78, 5) is 17.4. The molecule has 0 saturated heterocycles. The molecule has 18 heavy (non-hydrogen) atoms. The fourth-order valence-electron chi connectivity index (χ4n) is 2.64. The topological polar surface area (TPSA) is 29.4 Å². The van der Waals surface area contributed by atoms with Crippen molar-refractivity contribution in [1.82, 2.24) is 0 Å². The van der Waals surface area contributed by atoms with Crippen molar-refractivity contribution in [3.63, 3.8) is 0 Å². The second kappa shape index (κ2) is 5.96. The third-order valence-electron chi connectivity index (χ3n) is 3.61. The van der Waals surface area contributed by atoms with Gasteiger partial charge in [0.25, 0.3) is 0 Å². The lowest BCUT2D eigenvalue weighted by atomic mass is 9.89. The van der Waals surface area contributed by atoms with Gasteiger partial charge in [-0.25, -0.2) is 4.79 Å². The Balaban J connectivity index is 2.46. The van der Waals surface area contributed by atoms with Gasteiger partial charge >= 0.3 is 0 Å². The molecule has 4 heteroatoms. The van der Waals surface area contributed by atoms with Gasteiger partial charge in [-0.2, -0.15) is 4.99 Å². The molecule has 1 fully saturated rings. The Morgan fingerprint density at radius 2 is 1.83 bits per heavy atom. The van der Waals surface area contributed by atoms with Crippen LogP contribution in [0.4, 0.5) is 0 Å². The number of hydrogen-bond acceptors (Lipinski definition) is 4. The molecule has 0 N–H and O–H groups in total. The van der Waals surface area contributed by atoms with Gasteiger partial charge in [0, 0.05) is 9.79 Å². The van der Waals surface area contributed by atoms with Gasteiger partial charge in [-0.15, -0.1) is 23.5 Å². The average molecular weight is 279 g/mol. The molecule has 0 bridgehead atoms. The van der Waals surface area contributed by atoms with Crippen LogP contribution in [0.25, 0.3) is 0 Å². The molecule has 1 aliphatic rings. The molecule has 1 aliphatic carbocycles. The zero-order valence-corrected chi connectivity index (χ0v) is 12.4. The van der Waals surface area contributed by atoms with Crippen LogP contribution in [0.2, 0.25) is 0 Å². The summed E-state index contributed by atoms with van der Waals surface area (Å²) in [7, 11) is 0. The van der Waals surface area contributed by atoms with E-state index in [-0.39, 0.29) is 5.54 Å². The lowest BCUT2D eigenvalue weighted by Crippen LogP contribution is -2.18. The van der Waals surface area contributed by atoms with Crippen molar-refractivity contribution in [3.05, 3.63) is 23.8 Å². The van der Waals surface area contributed by atoms with E-state index in [0.29, 0.717) is 0 Å². The first-order chi connectivity index (χ1) is 8.75. The largest absolute Gasteiger partial charge is 0.235 e. The second-order valence-corrected chi connectivity index (χ2v) is 6.21. The van der Waals surface area contributed by atoms with Gasteiger partial charge in [-0.1, -0.05) is 18.9 Å². The lowest BCUT2D eigenvalue weighted by Gasteiger charge is -2.23. The number of carbonyl (C=O) groups excluding carboxylic acids is 1. The number of benzene rings is 1. The molecule has 96 valence electrons. The Labute approximate surface area is 117 Å². The molecule has 2 rings (SSSR count). The van der Waals surface area contributed by atoms with Crippen LogP contribution in [0.1, 0.15) is 31.2 Å². The van der Waals surface area contributed by atoms with Gasteiger partial charge in [-0.3, -0.25) is 0 Å². The minimum Gasteiger partial charge on any atom is -0.211 e. The van der Waals surface area contributed by atoms with Crippen molar-refractivity contribution in [2.24, 2.45) is 4.99 Å². The summed E-state index contributed by atoms with van der Waals surface area (Å²) in [5.41, 5.74) is 0.869. The maximum absolute atomic E-state index is 10.7. The SMILES string of the molecule is CSc1ccc(C2(N=C=O)CCCC2)cc1SC. The van der Waals surface area contributed by atoms with E-state index in [0.717, 1.165) is 25.7 Å². The van der Waals surface area contributed by atoms with E-state index in [1.165, 1.54) is 15.4 Å². The minimum atomic E-state index is -0.302. The van der Waals surface area contributed by atoms with E-state index in [9.17, 15) is 4.79 Å². The zero-order chi connectivity index (χ0) is 13.0. The van der Waals surface area contributed by atoms with Crippen LogP contribution in [0.5, 0.6) is 0 Å². The maximum atomic E-state index is 10.7. The van der Waals surface area contributed by atoms with Crippen LogP contribution in [-0.2, 0) is 10.3 Å². The summed E-state index contributed by atoms with van der Waals surface area (Å²) < 4.78 is 0. The summed E-state index contributed by atoms with van der Waals surface area (Å²) in [6, 6.07) is 6.46. The highest BCUT2D eigenvalue weighted by Gasteiger charge is 2.35. The van der Waals surface area contributed by atoms with Crippen molar-refractivity contribution in [3.8, 4) is 0 Å². The van der Waals surface area contributed by atoms with Crippen LogP contribution in [0, 0.1) is 0 Å². The first kappa shape index (κ1) is 13.7. The smallest absolute Gasteiger partial charge is 0.211 e. The highest BCUT2D eigenvalue weighted by molar-refractivity contribution is 8.01. The molecular weight excluding hydrogens is 262 g/mol. The fourth-order valence-corrected chi connectivity index (χ4v) is 4.12. The minimum absolute atomic E-state index is 0.302. The predicted molar refractivity (Wildman–Crippen MR) is 78.3 cm³/mol. The second-order valence-electron chi connectivity index (χ2n) is 4.51. The molecule has 0 unspecified atom stereocenters. The maximum Gasteiger partial charge on any atom is 0.235 e. The predicted octanol–water partition coefficient (Wildman–Crippen LogP) is 4.24. The van der Waals surface area contributed by atoms with Crippen LogP contribution < -0.4 is 0 Å². The third-order valence-corrected chi connectivity index (χ3v) is 5.31.